The van der Waals surface area contributed by atoms with E-state index < -0.39 is 0 Å². The summed E-state index contributed by atoms with van der Waals surface area (Å²) in [6.07, 6.45) is 6.91. The van der Waals surface area contributed by atoms with Crippen molar-refractivity contribution >= 4 is 0 Å². The highest BCUT2D eigenvalue weighted by Crippen LogP contribution is 2.34. The van der Waals surface area contributed by atoms with Gasteiger partial charge < -0.3 is 15.2 Å². The van der Waals surface area contributed by atoms with Crippen molar-refractivity contribution in [1.82, 2.24) is 5.32 Å². The number of nitrogens with one attached hydrogen (secondary N) is 1. The highest BCUT2D eigenvalue weighted by atomic mass is 16.5. The maximum Gasteiger partial charge on any atom is 0.0698 e. The van der Waals surface area contributed by atoms with Crippen LogP contribution in [0.3, 0.4) is 0 Å². The van der Waals surface area contributed by atoms with Crippen molar-refractivity contribution in [3.63, 3.8) is 0 Å². The molecular weight excluding hydrogens is 190 g/mol. The fourth-order valence-corrected chi connectivity index (χ4v) is 2.28. The first kappa shape index (κ1) is 12.9. The van der Waals surface area contributed by atoms with E-state index in [1.54, 1.807) is 0 Å². The fourth-order valence-electron chi connectivity index (χ4n) is 2.28. The molecule has 15 heavy (non-hydrogen) atoms. The lowest BCUT2D eigenvalue weighted by Crippen LogP contribution is -2.35. The lowest BCUT2D eigenvalue weighted by Gasteiger charge is -2.33. The van der Waals surface area contributed by atoms with E-state index in [4.69, 9.17) is 9.84 Å². The van der Waals surface area contributed by atoms with Crippen LogP contribution in [0.25, 0.3) is 0 Å². The van der Waals surface area contributed by atoms with Gasteiger partial charge in [-0.1, -0.05) is 26.2 Å². The average Bonchev–Trinajstić information content (AvgIpc) is 2.24. The van der Waals surface area contributed by atoms with Gasteiger partial charge in [0.1, 0.15) is 0 Å². The predicted molar refractivity (Wildman–Crippen MR) is 62.0 cm³/mol. The number of hydrogen-bond donors (Lipinski definition) is 2. The molecule has 0 aromatic rings. The second kappa shape index (κ2) is 7.20. The van der Waals surface area contributed by atoms with Gasteiger partial charge in [-0.3, -0.25) is 0 Å². The maximum atomic E-state index is 8.52. The van der Waals surface area contributed by atoms with E-state index >= 15 is 0 Å². The van der Waals surface area contributed by atoms with Crippen molar-refractivity contribution in [3.05, 3.63) is 0 Å². The van der Waals surface area contributed by atoms with Crippen molar-refractivity contribution < 1.29 is 9.84 Å². The monoisotopic (exact) mass is 215 g/mol. The van der Waals surface area contributed by atoms with Gasteiger partial charge in [0.25, 0.3) is 0 Å². The Balaban J connectivity index is 1.98. The van der Waals surface area contributed by atoms with E-state index in [-0.39, 0.29) is 6.61 Å². The third-order valence-corrected chi connectivity index (χ3v) is 3.27. The fraction of sp³-hybridized carbons (Fsp3) is 1.00. The van der Waals surface area contributed by atoms with Crippen LogP contribution in [0.2, 0.25) is 0 Å². The molecule has 0 bridgehead atoms. The molecule has 0 spiro atoms. The van der Waals surface area contributed by atoms with Gasteiger partial charge in [-0.2, -0.15) is 0 Å². The Morgan fingerprint density at radius 3 is 2.60 bits per heavy atom. The lowest BCUT2D eigenvalue weighted by atomic mass is 9.76. The van der Waals surface area contributed by atoms with Crippen LogP contribution >= 0.6 is 0 Å². The van der Waals surface area contributed by atoms with E-state index in [9.17, 15) is 0 Å². The van der Waals surface area contributed by atoms with Gasteiger partial charge in [0.05, 0.1) is 19.8 Å². The molecule has 0 aliphatic heterocycles. The average molecular weight is 215 g/mol. The third-order valence-electron chi connectivity index (χ3n) is 3.27. The van der Waals surface area contributed by atoms with Gasteiger partial charge in [0.2, 0.25) is 0 Å². The summed E-state index contributed by atoms with van der Waals surface area (Å²) in [6, 6.07) is 0. The smallest absolute Gasteiger partial charge is 0.0698 e. The van der Waals surface area contributed by atoms with E-state index in [0.29, 0.717) is 18.6 Å². The summed E-state index contributed by atoms with van der Waals surface area (Å²) in [7, 11) is 0. The van der Waals surface area contributed by atoms with E-state index in [1.807, 2.05) is 0 Å². The van der Waals surface area contributed by atoms with Crippen LogP contribution in [0.5, 0.6) is 0 Å². The van der Waals surface area contributed by atoms with Crippen LogP contribution in [0.15, 0.2) is 0 Å². The molecule has 0 aromatic carbocycles. The molecule has 1 rings (SSSR count). The molecule has 3 heteroatoms. The van der Waals surface area contributed by atoms with Crippen LogP contribution in [0.1, 0.15) is 39.0 Å². The summed E-state index contributed by atoms with van der Waals surface area (Å²) in [5.41, 5.74) is 0.509. The maximum absolute atomic E-state index is 8.52. The minimum Gasteiger partial charge on any atom is -0.394 e. The molecule has 0 amide bonds. The van der Waals surface area contributed by atoms with Crippen LogP contribution in [-0.4, -0.2) is 38.0 Å². The summed E-state index contributed by atoms with van der Waals surface area (Å²) in [5, 5.41) is 12.0. The molecule has 3 nitrogen and oxygen atoms in total. The van der Waals surface area contributed by atoms with Crippen LogP contribution in [0, 0.1) is 5.41 Å². The molecular formula is C12H25NO2. The zero-order valence-corrected chi connectivity index (χ0v) is 9.93. The minimum absolute atomic E-state index is 0.123. The van der Waals surface area contributed by atoms with E-state index in [2.05, 4.69) is 12.2 Å². The highest BCUT2D eigenvalue weighted by Gasteiger charge is 2.25. The van der Waals surface area contributed by atoms with Crippen molar-refractivity contribution in [1.29, 1.82) is 0 Å². The standard InChI is InChI=1S/C12H25NO2/c1-12(5-3-2-4-6-12)11-13-7-9-15-10-8-14/h13-14H,2-11H2,1H3. The normalized spacial score (nSPS) is 20.4. The second-order valence-electron chi connectivity index (χ2n) is 4.88. The number of aliphatic hydroxyl groups excluding tert-OH is 1. The predicted octanol–water partition coefficient (Wildman–Crippen LogP) is 1.56. The Morgan fingerprint density at radius 2 is 1.93 bits per heavy atom. The molecule has 1 aliphatic rings. The first-order valence-electron chi connectivity index (χ1n) is 6.16. The molecule has 2 N–H and O–H groups in total. The van der Waals surface area contributed by atoms with E-state index in [1.165, 1.54) is 32.1 Å². The van der Waals surface area contributed by atoms with Crippen molar-refractivity contribution in [2.45, 2.75) is 39.0 Å². The summed E-state index contributed by atoms with van der Waals surface area (Å²) >= 11 is 0. The first-order valence-corrected chi connectivity index (χ1v) is 6.16. The molecule has 0 aromatic heterocycles. The molecule has 1 aliphatic carbocycles. The number of rotatable bonds is 7. The van der Waals surface area contributed by atoms with Crippen molar-refractivity contribution in [2.75, 3.05) is 32.9 Å². The summed E-state index contributed by atoms with van der Waals surface area (Å²) in [4.78, 5) is 0. The number of hydrogen-bond acceptors (Lipinski definition) is 3. The summed E-state index contributed by atoms with van der Waals surface area (Å²) in [5.74, 6) is 0. The van der Waals surface area contributed by atoms with Gasteiger partial charge in [0, 0.05) is 13.1 Å². The quantitative estimate of drug-likeness (QED) is 0.633. The number of ether oxygens (including phenoxy) is 1. The van der Waals surface area contributed by atoms with Gasteiger partial charge in [-0.15, -0.1) is 0 Å². The summed E-state index contributed by atoms with van der Waals surface area (Å²) < 4.78 is 5.19. The highest BCUT2D eigenvalue weighted by molar-refractivity contribution is 4.80. The molecule has 1 saturated carbocycles. The second-order valence-corrected chi connectivity index (χ2v) is 4.88. The van der Waals surface area contributed by atoms with Crippen molar-refractivity contribution in [2.24, 2.45) is 5.41 Å². The molecule has 0 atom stereocenters. The zero-order valence-electron chi connectivity index (χ0n) is 9.93. The van der Waals surface area contributed by atoms with Gasteiger partial charge >= 0.3 is 0 Å². The third kappa shape index (κ3) is 5.50. The van der Waals surface area contributed by atoms with Gasteiger partial charge in [-0.25, -0.2) is 0 Å². The van der Waals surface area contributed by atoms with Gasteiger partial charge in [0.15, 0.2) is 0 Å². The Kier molecular flexibility index (Phi) is 6.22. The zero-order chi connectivity index (χ0) is 11.0. The molecule has 1 fully saturated rings. The lowest BCUT2D eigenvalue weighted by molar-refractivity contribution is 0.0912. The number of aliphatic hydroxyl groups is 1. The Hall–Kier alpha value is -0.120. The molecule has 0 heterocycles. The molecule has 0 saturated heterocycles. The minimum atomic E-state index is 0.123. The Labute approximate surface area is 93.2 Å². The van der Waals surface area contributed by atoms with Crippen LogP contribution < -0.4 is 5.32 Å². The molecule has 90 valence electrons. The van der Waals surface area contributed by atoms with Crippen LogP contribution in [0.4, 0.5) is 0 Å². The SMILES string of the molecule is CC1(CNCCOCCO)CCCCC1. The largest absolute Gasteiger partial charge is 0.394 e. The first-order chi connectivity index (χ1) is 7.27. The Bertz CT molecular complexity index is 156. The summed E-state index contributed by atoms with van der Waals surface area (Å²) in [6.45, 7) is 5.67. The van der Waals surface area contributed by atoms with Crippen LogP contribution in [-0.2, 0) is 4.74 Å². The molecule has 0 unspecified atom stereocenters. The topological polar surface area (TPSA) is 41.5 Å². The van der Waals surface area contributed by atoms with Crippen molar-refractivity contribution in [3.8, 4) is 0 Å². The van der Waals surface area contributed by atoms with E-state index in [0.717, 1.165) is 13.1 Å². The Morgan fingerprint density at radius 1 is 1.20 bits per heavy atom. The van der Waals surface area contributed by atoms with Gasteiger partial charge in [-0.05, 0) is 18.3 Å². The molecule has 0 radical (unpaired) electrons.